The third kappa shape index (κ3) is 5.75. The van der Waals surface area contributed by atoms with Crippen LogP contribution < -0.4 is 4.74 Å². The molecule has 1 atom stereocenters. The molecule has 31 heavy (non-hydrogen) atoms. The predicted molar refractivity (Wildman–Crippen MR) is 122 cm³/mol. The van der Waals surface area contributed by atoms with Gasteiger partial charge in [0.1, 0.15) is 5.75 Å². The van der Waals surface area contributed by atoms with Crippen molar-refractivity contribution in [3.8, 4) is 28.3 Å². The van der Waals surface area contributed by atoms with Gasteiger partial charge in [-0.05, 0) is 55.0 Å². The minimum absolute atomic E-state index is 0.133. The van der Waals surface area contributed by atoms with E-state index in [-0.39, 0.29) is 6.42 Å². The highest BCUT2D eigenvalue weighted by Crippen LogP contribution is 2.31. The third-order valence-electron chi connectivity index (χ3n) is 5.21. The molecule has 0 saturated carbocycles. The fourth-order valence-electron chi connectivity index (χ4n) is 3.42. The van der Waals surface area contributed by atoms with Crippen LogP contribution in [0.3, 0.4) is 0 Å². The summed E-state index contributed by atoms with van der Waals surface area (Å²) >= 11 is 0. The highest BCUT2D eigenvalue weighted by molar-refractivity contribution is 5.82. The first-order valence-electron chi connectivity index (χ1n) is 10.9. The lowest BCUT2D eigenvalue weighted by atomic mass is 9.99. The van der Waals surface area contributed by atoms with Gasteiger partial charge in [-0.1, -0.05) is 63.1 Å². The van der Waals surface area contributed by atoms with Crippen molar-refractivity contribution in [2.75, 3.05) is 0 Å². The van der Waals surface area contributed by atoms with Crippen molar-refractivity contribution in [1.29, 1.82) is 0 Å². The molecule has 1 heterocycles. The lowest BCUT2D eigenvalue weighted by Gasteiger charge is -2.17. The number of aromatic nitrogens is 2. The van der Waals surface area contributed by atoms with E-state index in [2.05, 4.69) is 16.9 Å². The van der Waals surface area contributed by atoms with Crippen LogP contribution in [0, 0.1) is 0 Å². The first-order valence-corrected chi connectivity index (χ1v) is 10.9. The van der Waals surface area contributed by atoms with Crippen LogP contribution in [0.25, 0.3) is 22.5 Å². The molecule has 0 radical (unpaired) electrons. The summed E-state index contributed by atoms with van der Waals surface area (Å²) in [5.41, 5.74) is 1.99. The number of benzene rings is 2. The van der Waals surface area contributed by atoms with Crippen molar-refractivity contribution in [2.24, 2.45) is 0 Å². The van der Waals surface area contributed by atoms with Gasteiger partial charge in [0.2, 0.25) is 5.67 Å². The van der Waals surface area contributed by atoms with Crippen LogP contribution in [0.4, 0.5) is 4.39 Å². The van der Waals surface area contributed by atoms with Gasteiger partial charge in [-0.2, -0.15) is 0 Å². The molecule has 0 aliphatic carbocycles. The second-order valence-electron chi connectivity index (χ2n) is 7.93. The van der Waals surface area contributed by atoms with E-state index in [0.717, 1.165) is 41.5 Å². The number of esters is 1. The average Bonchev–Trinajstić information content (AvgIpc) is 2.78. The summed E-state index contributed by atoms with van der Waals surface area (Å²) in [6.45, 7) is 5.26. The molecule has 1 aromatic heterocycles. The molecular weight excluding hydrogens is 391 g/mol. The van der Waals surface area contributed by atoms with Crippen LogP contribution in [0.2, 0.25) is 0 Å². The van der Waals surface area contributed by atoms with Gasteiger partial charge in [0.15, 0.2) is 5.82 Å². The van der Waals surface area contributed by atoms with Gasteiger partial charge in [-0.25, -0.2) is 19.2 Å². The molecule has 0 N–H and O–H groups in total. The lowest BCUT2D eigenvalue weighted by Crippen LogP contribution is -2.34. The quantitative estimate of drug-likeness (QED) is 0.289. The Morgan fingerprint density at radius 1 is 0.968 bits per heavy atom. The largest absolute Gasteiger partial charge is 0.424 e. The number of hydrogen-bond donors (Lipinski definition) is 0. The molecule has 2 aromatic carbocycles. The van der Waals surface area contributed by atoms with Crippen molar-refractivity contribution in [1.82, 2.24) is 9.97 Å². The molecule has 3 aromatic rings. The molecule has 1 unspecified atom stereocenters. The topological polar surface area (TPSA) is 52.1 Å². The zero-order chi connectivity index (χ0) is 22.3. The number of unbranched alkanes of at least 4 members (excludes halogenated alkanes) is 1. The molecule has 162 valence electrons. The number of alkyl halides is 1. The van der Waals surface area contributed by atoms with Gasteiger partial charge in [0.25, 0.3) is 0 Å². The van der Waals surface area contributed by atoms with E-state index in [4.69, 9.17) is 4.74 Å². The molecule has 3 rings (SSSR count). The highest BCUT2D eigenvalue weighted by Gasteiger charge is 2.34. The normalized spacial score (nSPS) is 12.9. The van der Waals surface area contributed by atoms with Crippen LogP contribution in [-0.4, -0.2) is 21.6 Å². The fourth-order valence-corrected chi connectivity index (χ4v) is 3.42. The molecule has 0 bridgehead atoms. The highest BCUT2D eigenvalue weighted by atomic mass is 19.1. The lowest BCUT2D eigenvalue weighted by molar-refractivity contribution is -0.147. The Morgan fingerprint density at radius 3 is 2.23 bits per heavy atom. The van der Waals surface area contributed by atoms with E-state index in [1.165, 1.54) is 6.92 Å². The Balaban J connectivity index is 1.80. The average molecular weight is 421 g/mol. The van der Waals surface area contributed by atoms with Gasteiger partial charge in [-0.3, -0.25) is 0 Å². The fraction of sp³-hybridized carbons (Fsp3) is 0.346. The number of rotatable bonds is 9. The standard InChI is InChI=1S/C26H29FN2O2/c1-4-6-9-19-17-28-24(29-18-19)23-11-8-7-10-22(23)20-12-14-21(15-13-20)31-25(30)26(3,27)16-5-2/h7-8,10-15,17-18H,4-6,9,16H2,1-3H3. The summed E-state index contributed by atoms with van der Waals surface area (Å²) < 4.78 is 19.6. The Bertz CT molecular complexity index is 999. The third-order valence-corrected chi connectivity index (χ3v) is 5.21. The molecule has 0 fully saturated rings. The monoisotopic (exact) mass is 420 g/mol. The second-order valence-corrected chi connectivity index (χ2v) is 7.93. The van der Waals surface area contributed by atoms with E-state index in [0.29, 0.717) is 18.0 Å². The number of carbonyl (C=O) groups excluding carboxylic acids is 1. The Labute approximate surface area is 183 Å². The van der Waals surface area contributed by atoms with Crippen molar-refractivity contribution in [2.45, 2.75) is 58.5 Å². The van der Waals surface area contributed by atoms with E-state index in [1.54, 1.807) is 12.1 Å². The Morgan fingerprint density at radius 2 is 1.61 bits per heavy atom. The number of hydrogen-bond acceptors (Lipinski definition) is 4. The van der Waals surface area contributed by atoms with Crippen molar-refractivity contribution < 1.29 is 13.9 Å². The van der Waals surface area contributed by atoms with E-state index in [9.17, 15) is 9.18 Å². The van der Waals surface area contributed by atoms with Gasteiger partial charge >= 0.3 is 5.97 Å². The number of carbonyl (C=O) groups is 1. The summed E-state index contributed by atoms with van der Waals surface area (Å²) in [6.07, 6.45) is 7.72. The zero-order valence-corrected chi connectivity index (χ0v) is 18.4. The minimum Gasteiger partial charge on any atom is -0.424 e. The SMILES string of the molecule is CCCCc1cnc(-c2ccccc2-c2ccc(OC(=O)C(C)(F)CCC)cc2)nc1. The van der Waals surface area contributed by atoms with Crippen molar-refractivity contribution in [3.63, 3.8) is 0 Å². The second kappa shape index (κ2) is 10.3. The summed E-state index contributed by atoms with van der Waals surface area (Å²) in [5, 5.41) is 0. The summed E-state index contributed by atoms with van der Waals surface area (Å²) in [5.74, 6) is 0.126. The van der Waals surface area contributed by atoms with Gasteiger partial charge < -0.3 is 4.74 Å². The number of nitrogens with zero attached hydrogens (tertiary/aromatic N) is 2. The molecule has 0 spiro atoms. The van der Waals surface area contributed by atoms with Crippen LogP contribution in [0.5, 0.6) is 5.75 Å². The summed E-state index contributed by atoms with van der Waals surface area (Å²) in [4.78, 5) is 21.2. The Hall–Kier alpha value is -3.08. The zero-order valence-electron chi connectivity index (χ0n) is 18.4. The Kier molecular flexibility index (Phi) is 7.50. The molecule has 5 heteroatoms. The minimum atomic E-state index is -1.99. The number of halogens is 1. The molecule has 0 aliphatic rings. The van der Waals surface area contributed by atoms with Gasteiger partial charge in [0, 0.05) is 18.0 Å². The maximum atomic E-state index is 14.4. The molecular formula is C26H29FN2O2. The van der Waals surface area contributed by atoms with Gasteiger partial charge in [-0.15, -0.1) is 0 Å². The summed E-state index contributed by atoms with van der Waals surface area (Å²) in [7, 11) is 0. The van der Waals surface area contributed by atoms with Crippen LogP contribution in [-0.2, 0) is 11.2 Å². The first kappa shape index (κ1) is 22.6. The van der Waals surface area contributed by atoms with Crippen LogP contribution in [0.15, 0.2) is 60.9 Å². The predicted octanol–water partition coefficient (Wildman–Crippen LogP) is 6.59. The maximum Gasteiger partial charge on any atom is 0.348 e. The molecule has 4 nitrogen and oxygen atoms in total. The van der Waals surface area contributed by atoms with Crippen molar-refractivity contribution in [3.05, 3.63) is 66.5 Å². The van der Waals surface area contributed by atoms with Crippen molar-refractivity contribution >= 4 is 5.97 Å². The molecule has 0 aliphatic heterocycles. The van der Waals surface area contributed by atoms with Crippen LogP contribution in [0.1, 0.15) is 52.0 Å². The first-order chi connectivity index (χ1) is 14.9. The number of ether oxygens (including phenoxy) is 1. The molecule has 0 amide bonds. The summed E-state index contributed by atoms with van der Waals surface area (Å²) in [6, 6.07) is 15.0. The number of aryl methyl sites for hydroxylation is 1. The maximum absolute atomic E-state index is 14.4. The van der Waals surface area contributed by atoms with E-state index < -0.39 is 11.6 Å². The molecule has 0 saturated heterocycles. The van der Waals surface area contributed by atoms with Crippen LogP contribution >= 0.6 is 0 Å². The van der Waals surface area contributed by atoms with E-state index in [1.807, 2.05) is 55.7 Å². The smallest absolute Gasteiger partial charge is 0.348 e. The van der Waals surface area contributed by atoms with E-state index >= 15 is 0 Å². The van der Waals surface area contributed by atoms with Gasteiger partial charge in [0.05, 0.1) is 0 Å².